The van der Waals surface area contributed by atoms with E-state index in [-0.39, 0.29) is 36.2 Å². The summed E-state index contributed by atoms with van der Waals surface area (Å²) >= 11 is 0. The molecule has 170 valence electrons. The van der Waals surface area contributed by atoms with E-state index in [9.17, 15) is 14.4 Å². The Kier molecular flexibility index (Phi) is 7.34. The summed E-state index contributed by atoms with van der Waals surface area (Å²) < 4.78 is 7.32. The molecule has 0 bridgehead atoms. The van der Waals surface area contributed by atoms with Crippen molar-refractivity contribution in [2.45, 2.75) is 46.5 Å². The van der Waals surface area contributed by atoms with E-state index < -0.39 is 11.2 Å². The van der Waals surface area contributed by atoms with Crippen LogP contribution in [0.5, 0.6) is 0 Å². The molecule has 0 saturated heterocycles. The maximum Gasteiger partial charge on any atom is 0.351 e. The highest BCUT2D eigenvalue weighted by Crippen LogP contribution is 2.12. The van der Waals surface area contributed by atoms with Crippen molar-refractivity contribution in [2.24, 2.45) is 7.05 Å². The molecule has 3 aromatic rings. The Balaban J connectivity index is 1.84. The van der Waals surface area contributed by atoms with Crippen LogP contribution in [0.15, 0.2) is 38.4 Å². The monoisotopic (exact) mass is 440 g/mol. The molecule has 32 heavy (non-hydrogen) atoms. The highest BCUT2D eigenvalue weighted by molar-refractivity contribution is 5.76. The highest BCUT2D eigenvalue weighted by Gasteiger charge is 2.20. The lowest BCUT2D eigenvalue weighted by atomic mass is 10.2. The molecule has 0 aliphatic carbocycles. The van der Waals surface area contributed by atoms with Crippen LogP contribution < -0.4 is 11.2 Å². The first kappa shape index (κ1) is 23.1. The van der Waals surface area contributed by atoms with E-state index in [4.69, 9.17) is 4.52 Å². The summed E-state index contributed by atoms with van der Waals surface area (Å²) in [4.78, 5) is 43.7. The van der Waals surface area contributed by atoms with Gasteiger partial charge in [0, 0.05) is 33.0 Å². The predicted octanol–water partition coefficient (Wildman–Crippen LogP) is 1.87. The second-order valence-electron chi connectivity index (χ2n) is 7.58. The number of hydrogen-bond acceptors (Lipinski definition) is 7. The topological polar surface area (TPSA) is 116 Å². The molecule has 10 nitrogen and oxygen atoms in total. The number of amides is 1. The Labute approximate surface area is 185 Å². The summed E-state index contributed by atoms with van der Waals surface area (Å²) in [6.45, 7) is 7.33. The van der Waals surface area contributed by atoms with Gasteiger partial charge in [-0.1, -0.05) is 36.2 Å². The Bertz CT molecular complexity index is 1190. The Morgan fingerprint density at radius 2 is 1.88 bits per heavy atom. The van der Waals surface area contributed by atoms with Crippen LogP contribution in [0.4, 0.5) is 0 Å². The molecule has 0 unspecified atom stereocenters. The average Bonchev–Trinajstić information content (AvgIpc) is 3.26. The van der Waals surface area contributed by atoms with Gasteiger partial charge in [0.05, 0.1) is 5.69 Å². The van der Waals surface area contributed by atoms with E-state index in [2.05, 4.69) is 22.2 Å². The first-order chi connectivity index (χ1) is 15.3. The Morgan fingerprint density at radius 1 is 1.16 bits per heavy atom. The maximum atomic E-state index is 12.6. The summed E-state index contributed by atoms with van der Waals surface area (Å²) in [6.07, 6.45) is 2.46. The number of aryl methyl sites for hydroxylation is 2. The molecule has 2 aromatic heterocycles. The van der Waals surface area contributed by atoms with Gasteiger partial charge in [-0.15, -0.1) is 0 Å². The van der Waals surface area contributed by atoms with Gasteiger partial charge in [-0.25, -0.2) is 4.79 Å². The molecule has 0 atom stereocenters. The maximum absolute atomic E-state index is 12.6. The molecule has 0 aliphatic rings. The van der Waals surface area contributed by atoms with E-state index in [0.717, 1.165) is 34.2 Å². The molecule has 3 rings (SSSR count). The zero-order valence-corrected chi connectivity index (χ0v) is 18.9. The number of benzene rings is 1. The zero-order valence-electron chi connectivity index (χ0n) is 18.9. The van der Waals surface area contributed by atoms with Crippen LogP contribution in [0.25, 0.3) is 17.2 Å². The smallest absolute Gasteiger partial charge is 0.343 e. The van der Waals surface area contributed by atoms with Crippen molar-refractivity contribution in [3.63, 3.8) is 0 Å². The van der Waals surface area contributed by atoms with Crippen LogP contribution in [0.2, 0.25) is 0 Å². The molecule has 0 saturated carbocycles. The minimum atomic E-state index is -0.626. The number of nitrogens with zero attached hydrogens (tertiary/aromatic N) is 6. The lowest BCUT2D eigenvalue weighted by molar-refractivity contribution is -0.131. The Hall–Kier alpha value is -3.56. The molecule has 1 aromatic carbocycles. The van der Waals surface area contributed by atoms with Crippen LogP contribution in [0.3, 0.4) is 0 Å². The molecule has 0 N–H and O–H groups in total. The van der Waals surface area contributed by atoms with Gasteiger partial charge in [0.1, 0.15) is 0 Å². The lowest BCUT2D eigenvalue weighted by Gasteiger charge is -2.20. The van der Waals surface area contributed by atoms with Crippen LogP contribution in [-0.4, -0.2) is 48.4 Å². The number of carbonyl (C=O) groups excluding carboxylic acids is 1. The van der Waals surface area contributed by atoms with Gasteiger partial charge in [0.25, 0.3) is 5.56 Å². The van der Waals surface area contributed by atoms with Crippen molar-refractivity contribution >= 4 is 5.91 Å². The summed E-state index contributed by atoms with van der Waals surface area (Å²) in [7, 11) is 1.37. The van der Waals surface area contributed by atoms with Gasteiger partial charge in [-0.3, -0.25) is 14.2 Å². The van der Waals surface area contributed by atoms with E-state index >= 15 is 0 Å². The van der Waals surface area contributed by atoms with Gasteiger partial charge in [-0.2, -0.15) is 14.8 Å². The van der Waals surface area contributed by atoms with E-state index in [1.54, 1.807) is 17.0 Å². The lowest BCUT2D eigenvalue weighted by Crippen LogP contribution is -2.40. The van der Waals surface area contributed by atoms with E-state index in [1.165, 1.54) is 7.05 Å². The quantitative estimate of drug-likeness (QED) is 0.499. The summed E-state index contributed by atoms with van der Waals surface area (Å²) in [5.41, 5.74) is 0.230. The van der Waals surface area contributed by atoms with Crippen molar-refractivity contribution in [1.29, 1.82) is 0 Å². The van der Waals surface area contributed by atoms with Gasteiger partial charge < -0.3 is 9.42 Å². The van der Waals surface area contributed by atoms with Gasteiger partial charge in [-0.05, 0) is 32.4 Å². The second kappa shape index (κ2) is 10.2. The van der Waals surface area contributed by atoms with Crippen molar-refractivity contribution in [1.82, 2.24) is 29.4 Å². The highest BCUT2D eigenvalue weighted by atomic mass is 16.5. The van der Waals surface area contributed by atoms with Crippen molar-refractivity contribution < 1.29 is 9.32 Å². The second-order valence-corrected chi connectivity index (χ2v) is 7.58. The molecule has 0 fully saturated rings. The van der Waals surface area contributed by atoms with Crippen molar-refractivity contribution in [3.05, 3.63) is 56.6 Å². The SMILES string of the molecule is CCCCN(CC)C(=O)CCc1nc(-c2nn(-c3ccc(C)cc3)c(=O)n(C)c2=O)no1. The average molecular weight is 441 g/mol. The largest absolute Gasteiger partial charge is 0.351 e. The molecule has 1 amide bonds. The summed E-state index contributed by atoms with van der Waals surface area (Å²) in [5.74, 6) is 0.228. The first-order valence-corrected chi connectivity index (χ1v) is 10.7. The van der Waals surface area contributed by atoms with Gasteiger partial charge in [0.2, 0.25) is 17.6 Å². The molecule has 0 radical (unpaired) electrons. The fourth-order valence-corrected chi connectivity index (χ4v) is 3.20. The third-order valence-electron chi connectivity index (χ3n) is 5.20. The van der Waals surface area contributed by atoms with E-state index in [0.29, 0.717) is 12.2 Å². The third kappa shape index (κ3) is 5.01. The van der Waals surface area contributed by atoms with Crippen LogP contribution in [-0.2, 0) is 18.3 Å². The number of rotatable bonds is 9. The molecule has 10 heteroatoms. The fourth-order valence-electron chi connectivity index (χ4n) is 3.20. The molecular formula is C22H28N6O4. The number of aromatic nitrogens is 5. The normalized spacial score (nSPS) is 11.0. The zero-order chi connectivity index (χ0) is 23.3. The van der Waals surface area contributed by atoms with Gasteiger partial charge in [0.15, 0.2) is 5.69 Å². The minimum Gasteiger partial charge on any atom is -0.343 e. The van der Waals surface area contributed by atoms with E-state index in [1.807, 2.05) is 26.0 Å². The molecule has 0 spiro atoms. The minimum absolute atomic E-state index is 0.0164. The van der Waals surface area contributed by atoms with Crippen LogP contribution in [0.1, 0.15) is 44.6 Å². The molecule has 0 aliphatic heterocycles. The first-order valence-electron chi connectivity index (χ1n) is 10.7. The third-order valence-corrected chi connectivity index (χ3v) is 5.20. The fraction of sp³-hybridized carbons (Fsp3) is 0.455. The number of unbranched alkanes of at least 4 members (excludes halogenated alkanes) is 1. The van der Waals surface area contributed by atoms with Gasteiger partial charge >= 0.3 is 5.69 Å². The van der Waals surface area contributed by atoms with Crippen molar-refractivity contribution in [2.75, 3.05) is 13.1 Å². The summed E-state index contributed by atoms with van der Waals surface area (Å²) in [5, 5.41) is 8.05. The summed E-state index contributed by atoms with van der Waals surface area (Å²) in [6, 6.07) is 7.17. The molecule has 2 heterocycles. The predicted molar refractivity (Wildman–Crippen MR) is 119 cm³/mol. The molecular weight excluding hydrogens is 412 g/mol. The van der Waals surface area contributed by atoms with Crippen LogP contribution >= 0.6 is 0 Å². The Morgan fingerprint density at radius 3 is 2.53 bits per heavy atom. The van der Waals surface area contributed by atoms with Crippen LogP contribution in [0, 0.1) is 6.92 Å². The number of hydrogen-bond donors (Lipinski definition) is 0. The number of carbonyl (C=O) groups is 1. The standard InChI is InChI=1S/C22H28N6O4/c1-5-7-14-27(6-2)18(29)13-12-17-23-20(25-32-17)19-21(30)26(4)22(31)28(24-19)16-10-8-15(3)9-11-16/h8-11H,5-7,12-14H2,1-4H3. The van der Waals surface area contributed by atoms with Crippen molar-refractivity contribution in [3.8, 4) is 17.2 Å².